The summed E-state index contributed by atoms with van der Waals surface area (Å²) in [5.41, 5.74) is 7.38. The lowest BCUT2D eigenvalue weighted by atomic mass is 9.74. The van der Waals surface area contributed by atoms with E-state index in [4.69, 9.17) is 17.3 Å². The summed E-state index contributed by atoms with van der Waals surface area (Å²) in [6, 6.07) is 14.7. The molecule has 112 valence electrons. The highest BCUT2D eigenvalue weighted by molar-refractivity contribution is 6.30. The van der Waals surface area contributed by atoms with Crippen LogP contribution in [0.5, 0.6) is 5.75 Å². The minimum Gasteiger partial charge on any atom is -0.508 e. The summed E-state index contributed by atoms with van der Waals surface area (Å²) in [6.07, 6.45) is 0.224. The maximum absolute atomic E-state index is 9.65. The summed E-state index contributed by atoms with van der Waals surface area (Å²) in [7, 11) is 0. The van der Waals surface area contributed by atoms with E-state index in [1.807, 2.05) is 36.4 Å². The van der Waals surface area contributed by atoms with Gasteiger partial charge in [0.15, 0.2) is 0 Å². The Kier molecular flexibility index (Phi) is 4.88. The van der Waals surface area contributed by atoms with E-state index in [0.717, 1.165) is 11.1 Å². The number of hydrogen-bond acceptors (Lipinski definition) is 3. The van der Waals surface area contributed by atoms with Gasteiger partial charge < -0.3 is 15.9 Å². The highest BCUT2D eigenvalue weighted by Crippen LogP contribution is 2.34. The lowest BCUT2D eigenvalue weighted by Crippen LogP contribution is -2.34. The lowest BCUT2D eigenvalue weighted by molar-refractivity contribution is 0.140. The molecule has 3 nitrogen and oxygen atoms in total. The fourth-order valence-electron chi connectivity index (χ4n) is 2.68. The van der Waals surface area contributed by atoms with Crippen molar-refractivity contribution in [1.29, 1.82) is 0 Å². The van der Waals surface area contributed by atoms with E-state index in [1.54, 1.807) is 12.1 Å². The van der Waals surface area contributed by atoms with E-state index in [0.29, 0.717) is 17.9 Å². The summed E-state index contributed by atoms with van der Waals surface area (Å²) >= 11 is 6.08. The Morgan fingerprint density at radius 3 is 2.43 bits per heavy atom. The summed E-state index contributed by atoms with van der Waals surface area (Å²) in [4.78, 5) is 0. The van der Waals surface area contributed by atoms with E-state index in [9.17, 15) is 10.2 Å². The largest absolute Gasteiger partial charge is 0.508 e. The number of aliphatic hydroxyl groups excluding tert-OH is 1. The van der Waals surface area contributed by atoms with Crippen LogP contribution in [-0.2, 0) is 11.8 Å². The molecular weight excluding hydrogens is 286 g/mol. The number of aromatic hydroxyl groups is 1. The molecule has 1 unspecified atom stereocenters. The molecule has 2 atom stereocenters. The monoisotopic (exact) mass is 305 g/mol. The van der Waals surface area contributed by atoms with E-state index >= 15 is 0 Å². The number of benzene rings is 2. The minimum atomic E-state index is -0.897. The van der Waals surface area contributed by atoms with Gasteiger partial charge in [-0.25, -0.2) is 0 Å². The van der Waals surface area contributed by atoms with Crippen molar-refractivity contribution in [2.45, 2.75) is 31.4 Å². The smallest absolute Gasteiger partial charge is 0.115 e. The first-order valence-electron chi connectivity index (χ1n) is 6.87. The third-order valence-electron chi connectivity index (χ3n) is 3.71. The second-order valence-electron chi connectivity index (χ2n) is 5.69. The topological polar surface area (TPSA) is 66.5 Å². The number of phenolic OH excluding ortho intramolecular Hbond substituents is 1. The Labute approximate surface area is 130 Å². The molecule has 21 heavy (non-hydrogen) atoms. The summed E-state index contributed by atoms with van der Waals surface area (Å²) in [5, 5.41) is 19.7. The van der Waals surface area contributed by atoms with Gasteiger partial charge in [0.05, 0.1) is 0 Å². The van der Waals surface area contributed by atoms with Crippen molar-refractivity contribution >= 4 is 11.6 Å². The van der Waals surface area contributed by atoms with E-state index in [-0.39, 0.29) is 11.2 Å². The van der Waals surface area contributed by atoms with Gasteiger partial charge in [-0.3, -0.25) is 0 Å². The average molecular weight is 306 g/mol. The predicted octanol–water partition coefficient (Wildman–Crippen LogP) is 3.21. The Balaban J connectivity index is 2.34. The van der Waals surface area contributed by atoms with Crippen LogP contribution in [0.1, 0.15) is 24.5 Å². The molecule has 0 radical (unpaired) electrons. The molecule has 0 bridgehead atoms. The first kappa shape index (κ1) is 15.8. The number of aliphatic hydroxyl groups is 1. The summed E-state index contributed by atoms with van der Waals surface area (Å²) < 4.78 is 0. The zero-order valence-corrected chi connectivity index (χ0v) is 12.7. The van der Waals surface area contributed by atoms with Gasteiger partial charge in [-0.05, 0) is 48.2 Å². The highest BCUT2D eigenvalue weighted by Gasteiger charge is 2.29. The maximum atomic E-state index is 9.65. The molecule has 0 aliphatic rings. The van der Waals surface area contributed by atoms with Gasteiger partial charge in [0.25, 0.3) is 0 Å². The Hall–Kier alpha value is -1.55. The molecule has 0 amide bonds. The Morgan fingerprint density at radius 2 is 1.86 bits per heavy atom. The first-order chi connectivity index (χ1) is 9.89. The number of halogens is 1. The number of rotatable bonds is 5. The van der Waals surface area contributed by atoms with Crippen molar-refractivity contribution in [2.24, 2.45) is 5.73 Å². The maximum Gasteiger partial charge on any atom is 0.115 e. The quantitative estimate of drug-likeness (QED) is 0.743. The molecule has 2 aromatic rings. The molecule has 0 heterocycles. The van der Waals surface area contributed by atoms with Crippen molar-refractivity contribution in [2.75, 3.05) is 0 Å². The molecule has 4 N–H and O–H groups in total. The third-order valence-corrected chi connectivity index (χ3v) is 3.95. The second kappa shape index (κ2) is 6.48. The molecule has 4 heteroatoms. The number of phenols is 1. The lowest BCUT2D eigenvalue weighted by Gasteiger charge is -2.32. The van der Waals surface area contributed by atoms with Crippen LogP contribution in [0.4, 0.5) is 0 Å². The van der Waals surface area contributed by atoms with Crippen molar-refractivity contribution < 1.29 is 10.2 Å². The Morgan fingerprint density at radius 1 is 1.19 bits per heavy atom. The molecule has 0 aliphatic heterocycles. The van der Waals surface area contributed by atoms with Crippen molar-refractivity contribution in [1.82, 2.24) is 0 Å². The SMILES string of the molecule is CC(Cc1ccc(O)cc1)(C[C@H](N)O)c1cccc(Cl)c1. The molecule has 0 fully saturated rings. The van der Waals surface area contributed by atoms with Gasteiger partial charge in [0, 0.05) is 10.4 Å². The molecule has 0 saturated carbocycles. The molecular formula is C17H20ClNO2. The summed E-state index contributed by atoms with van der Waals surface area (Å²) in [5.74, 6) is 0.238. The van der Waals surface area contributed by atoms with Gasteiger partial charge in [-0.1, -0.05) is 42.8 Å². The highest BCUT2D eigenvalue weighted by atomic mass is 35.5. The fraction of sp³-hybridized carbons (Fsp3) is 0.294. The number of nitrogens with two attached hydrogens (primary N) is 1. The van der Waals surface area contributed by atoms with Crippen LogP contribution in [0.25, 0.3) is 0 Å². The number of hydrogen-bond donors (Lipinski definition) is 3. The van der Waals surface area contributed by atoms with Gasteiger partial charge >= 0.3 is 0 Å². The second-order valence-corrected chi connectivity index (χ2v) is 6.12. The van der Waals surface area contributed by atoms with Crippen LogP contribution in [0.15, 0.2) is 48.5 Å². The van der Waals surface area contributed by atoms with E-state index in [2.05, 4.69) is 6.92 Å². The zero-order chi connectivity index (χ0) is 15.5. The van der Waals surface area contributed by atoms with Crippen molar-refractivity contribution in [3.05, 3.63) is 64.7 Å². The molecule has 2 rings (SSSR count). The normalized spacial score (nSPS) is 15.4. The van der Waals surface area contributed by atoms with Crippen LogP contribution in [-0.4, -0.2) is 16.4 Å². The zero-order valence-electron chi connectivity index (χ0n) is 12.0. The van der Waals surface area contributed by atoms with Gasteiger partial charge in [-0.2, -0.15) is 0 Å². The predicted molar refractivity (Wildman–Crippen MR) is 85.4 cm³/mol. The van der Waals surface area contributed by atoms with Crippen LogP contribution in [0.3, 0.4) is 0 Å². The minimum absolute atomic E-state index is 0.238. The van der Waals surface area contributed by atoms with Crippen molar-refractivity contribution in [3.63, 3.8) is 0 Å². The van der Waals surface area contributed by atoms with Crippen LogP contribution in [0, 0.1) is 0 Å². The van der Waals surface area contributed by atoms with Gasteiger partial charge in [0.1, 0.15) is 12.0 Å². The molecule has 0 saturated heterocycles. The van der Waals surface area contributed by atoms with E-state index in [1.165, 1.54) is 0 Å². The standard InChI is InChI=1S/C17H20ClNO2/c1-17(11-16(19)21,13-3-2-4-14(18)9-13)10-12-5-7-15(20)8-6-12/h2-9,16,20-21H,10-11,19H2,1H3/t16-,17?/m1/s1. The molecule has 2 aromatic carbocycles. The Bertz CT molecular complexity index is 598. The van der Waals surface area contributed by atoms with Gasteiger partial charge in [0.2, 0.25) is 0 Å². The summed E-state index contributed by atoms with van der Waals surface area (Å²) in [6.45, 7) is 2.06. The molecule has 0 aromatic heterocycles. The molecule has 0 aliphatic carbocycles. The fourth-order valence-corrected chi connectivity index (χ4v) is 2.87. The van der Waals surface area contributed by atoms with Crippen LogP contribution < -0.4 is 5.73 Å². The first-order valence-corrected chi connectivity index (χ1v) is 7.24. The van der Waals surface area contributed by atoms with Crippen molar-refractivity contribution in [3.8, 4) is 5.75 Å². The third kappa shape index (κ3) is 4.21. The van der Waals surface area contributed by atoms with Gasteiger partial charge in [-0.15, -0.1) is 0 Å². The molecule has 0 spiro atoms. The van der Waals surface area contributed by atoms with Crippen LogP contribution >= 0.6 is 11.6 Å². The van der Waals surface area contributed by atoms with Crippen LogP contribution in [0.2, 0.25) is 5.02 Å². The average Bonchev–Trinajstić information content (AvgIpc) is 2.40. The van der Waals surface area contributed by atoms with E-state index < -0.39 is 6.23 Å².